The summed E-state index contributed by atoms with van der Waals surface area (Å²) < 4.78 is 0. The Kier molecular flexibility index (Phi) is 3.98. The first-order valence-electron chi connectivity index (χ1n) is 6.80. The summed E-state index contributed by atoms with van der Waals surface area (Å²) in [4.78, 5) is 11.4. The van der Waals surface area contributed by atoms with Crippen molar-refractivity contribution in [1.82, 2.24) is 0 Å². The van der Waals surface area contributed by atoms with E-state index in [-0.39, 0.29) is 5.78 Å². The molecule has 1 saturated carbocycles. The first-order chi connectivity index (χ1) is 8.18. The van der Waals surface area contributed by atoms with Crippen LogP contribution in [0.25, 0.3) is 0 Å². The summed E-state index contributed by atoms with van der Waals surface area (Å²) >= 11 is 0. The van der Waals surface area contributed by atoms with Crippen molar-refractivity contribution in [1.29, 1.82) is 0 Å². The lowest BCUT2D eigenvalue weighted by atomic mass is 9.89. The van der Waals surface area contributed by atoms with E-state index in [2.05, 4.69) is 19.1 Å². The Morgan fingerprint density at radius 2 is 1.76 bits per heavy atom. The maximum atomic E-state index is 11.4. The van der Waals surface area contributed by atoms with Gasteiger partial charge in [-0.25, -0.2) is 0 Å². The van der Waals surface area contributed by atoms with Gasteiger partial charge in [0.15, 0.2) is 5.78 Å². The van der Waals surface area contributed by atoms with E-state index >= 15 is 0 Å². The zero-order valence-electron chi connectivity index (χ0n) is 11.0. The molecule has 0 aromatic heterocycles. The Balaban J connectivity index is 2.21. The van der Waals surface area contributed by atoms with Crippen LogP contribution in [0.5, 0.6) is 0 Å². The molecule has 1 aromatic rings. The van der Waals surface area contributed by atoms with Crippen molar-refractivity contribution in [3.05, 3.63) is 34.9 Å². The van der Waals surface area contributed by atoms with E-state index in [9.17, 15) is 4.79 Å². The van der Waals surface area contributed by atoms with Gasteiger partial charge < -0.3 is 0 Å². The highest BCUT2D eigenvalue weighted by atomic mass is 16.1. The number of Topliss-reactive ketones (excluding diaryl/α,β-unsaturated/α-hetero) is 1. The summed E-state index contributed by atoms with van der Waals surface area (Å²) in [5.74, 6) is 0.895. The number of hydrogen-bond donors (Lipinski definition) is 0. The monoisotopic (exact) mass is 230 g/mol. The Bertz CT molecular complexity index is 398. The van der Waals surface area contributed by atoms with Crippen LogP contribution < -0.4 is 0 Å². The van der Waals surface area contributed by atoms with E-state index < -0.39 is 0 Å². The van der Waals surface area contributed by atoms with Crippen LogP contribution in [0.1, 0.15) is 72.9 Å². The highest BCUT2D eigenvalue weighted by molar-refractivity contribution is 5.95. The second-order valence-electron chi connectivity index (χ2n) is 5.32. The Morgan fingerprint density at radius 3 is 2.29 bits per heavy atom. The van der Waals surface area contributed by atoms with E-state index in [1.807, 2.05) is 6.07 Å². The topological polar surface area (TPSA) is 17.1 Å². The fraction of sp³-hybridized carbons (Fsp3) is 0.562. The molecule has 2 rings (SSSR count). The molecule has 0 amide bonds. The Morgan fingerprint density at radius 1 is 1.12 bits per heavy atom. The Labute approximate surface area is 104 Å². The third kappa shape index (κ3) is 2.96. The number of rotatable bonds is 2. The molecule has 0 saturated heterocycles. The van der Waals surface area contributed by atoms with Crippen LogP contribution in [-0.4, -0.2) is 5.78 Å². The molecule has 92 valence electrons. The van der Waals surface area contributed by atoms with Crippen LogP contribution >= 0.6 is 0 Å². The smallest absolute Gasteiger partial charge is 0.160 e. The van der Waals surface area contributed by atoms with Gasteiger partial charge >= 0.3 is 0 Å². The highest BCUT2D eigenvalue weighted by Gasteiger charge is 2.15. The lowest BCUT2D eigenvalue weighted by Gasteiger charge is -2.16. The summed E-state index contributed by atoms with van der Waals surface area (Å²) in [5.41, 5.74) is 3.45. The second-order valence-corrected chi connectivity index (χ2v) is 5.32. The minimum atomic E-state index is 0.176. The zero-order chi connectivity index (χ0) is 12.3. The molecule has 0 spiro atoms. The first kappa shape index (κ1) is 12.3. The van der Waals surface area contributed by atoms with Gasteiger partial charge in [0, 0.05) is 5.56 Å². The van der Waals surface area contributed by atoms with Crippen LogP contribution in [0.2, 0.25) is 0 Å². The number of benzene rings is 1. The average Bonchev–Trinajstić information content (AvgIpc) is 2.56. The molecular formula is C16H22O. The number of hydrogen-bond acceptors (Lipinski definition) is 1. The largest absolute Gasteiger partial charge is 0.295 e. The van der Waals surface area contributed by atoms with Gasteiger partial charge in [-0.05, 0) is 43.7 Å². The Hall–Kier alpha value is -1.11. The maximum Gasteiger partial charge on any atom is 0.160 e. The summed E-state index contributed by atoms with van der Waals surface area (Å²) in [6, 6.07) is 6.41. The predicted octanol–water partition coefficient (Wildman–Crippen LogP) is 4.64. The average molecular weight is 230 g/mol. The number of carbonyl (C=O) groups excluding carboxylic acids is 1. The van der Waals surface area contributed by atoms with Crippen molar-refractivity contribution in [3.8, 4) is 0 Å². The summed E-state index contributed by atoms with van der Waals surface area (Å²) in [7, 11) is 0. The molecule has 1 aromatic carbocycles. The van der Waals surface area contributed by atoms with Crippen molar-refractivity contribution >= 4 is 5.78 Å². The van der Waals surface area contributed by atoms with Crippen LogP contribution in [0.3, 0.4) is 0 Å². The van der Waals surface area contributed by atoms with Gasteiger partial charge in [0.05, 0.1) is 0 Å². The lowest BCUT2D eigenvalue weighted by Crippen LogP contribution is -2.01. The summed E-state index contributed by atoms with van der Waals surface area (Å²) in [5, 5.41) is 0. The highest BCUT2D eigenvalue weighted by Crippen LogP contribution is 2.32. The molecule has 0 atom stereocenters. The molecule has 1 heteroatoms. The molecule has 1 aliphatic carbocycles. The third-order valence-corrected chi connectivity index (χ3v) is 3.96. The summed E-state index contributed by atoms with van der Waals surface area (Å²) in [6.07, 6.45) is 8.14. The van der Waals surface area contributed by atoms with Crippen LogP contribution in [-0.2, 0) is 0 Å². The van der Waals surface area contributed by atoms with E-state index in [1.54, 1.807) is 6.92 Å². The van der Waals surface area contributed by atoms with Gasteiger partial charge in [-0.15, -0.1) is 0 Å². The minimum Gasteiger partial charge on any atom is -0.295 e. The molecule has 0 aliphatic heterocycles. The molecule has 0 N–H and O–H groups in total. The van der Waals surface area contributed by atoms with Gasteiger partial charge in [0.1, 0.15) is 0 Å². The number of ketones is 1. The minimum absolute atomic E-state index is 0.176. The van der Waals surface area contributed by atoms with Gasteiger partial charge in [0.2, 0.25) is 0 Å². The number of aryl methyl sites for hydroxylation is 1. The molecule has 1 aliphatic rings. The second kappa shape index (κ2) is 5.48. The van der Waals surface area contributed by atoms with Gasteiger partial charge in [0.25, 0.3) is 0 Å². The van der Waals surface area contributed by atoms with Gasteiger partial charge in [-0.2, -0.15) is 0 Å². The molecule has 0 unspecified atom stereocenters. The zero-order valence-corrected chi connectivity index (χ0v) is 11.0. The van der Waals surface area contributed by atoms with E-state index in [0.29, 0.717) is 0 Å². The molecule has 0 bridgehead atoms. The van der Waals surface area contributed by atoms with Crippen molar-refractivity contribution in [2.45, 2.75) is 58.3 Å². The van der Waals surface area contributed by atoms with Gasteiger partial charge in [-0.3, -0.25) is 4.79 Å². The predicted molar refractivity (Wildman–Crippen MR) is 71.6 cm³/mol. The van der Waals surface area contributed by atoms with Gasteiger partial charge in [-0.1, -0.05) is 43.9 Å². The van der Waals surface area contributed by atoms with E-state index in [4.69, 9.17) is 0 Å². The summed E-state index contributed by atoms with van der Waals surface area (Å²) in [6.45, 7) is 3.70. The first-order valence-corrected chi connectivity index (χ1v) is 6.80. The van der Waals surface area contributed by atoms with Crippen molar-refractivity contribution in [2.24, 2.45) is 0 Å². The molecule has 1 nitrogen and oxygen atoms in total. The standard InChI is InChI=1S/C16H22O/c1-12-11-15(9-10-16(12)13(2)17)14-7-5-3-4-6-8-14/h9-11,14H,3-8H2,1-2H3. The third-order valence-electron chi connectivity index (χ3n) is 3.96. The molecule has 0 heterocycles. The maximum absolute atomic E-state index is 11.4. The molecule has 1 fully saturated rings. The normalized spacial score (nSPS) is 17.8. The molecule has 17 heavy (non-hydrogen) atoms. The van der Waals surface area contributed by atoms with Crippen LogP contribution in [0.4, 0.5) is 0 Å². The van der Waals surface area contributed by atoms with Crippen molar-refractivity contribution < 1.29 is 4.79 Å². The van der Waals surface area contributed by atoms with Crippen LogP contribution in [0, 0.1) is 6.92 Å². The van der Waals surface area contributed by atoms with E-state index in [0.717, 1.165) is 17.0 Å². The molecule has 0 radical (unpaired) electrons. The SMILES string of the molecule is CC(=O)c1ccc(C2CCCCCC2)cc1C. The van der Waals surface area contributed by atoms with Crippen molar-refractivity contribution in [3.63, 3.8) is 0 Å². The fourth-order valence-corrected chi connectivity index (χ4v) is 2.95. The van der Waals surface area contributed by atoms with E-state index in [1.165, 1.54) is 44.1 Å². The quantitative estimate of drug-likeness (QED) is 0.534. The van der Waals surface area contributed by atoms with Crippen molar-refractivity contribution in [2.75, 3.05) is 0 Å². The lowest BCUT2D eigenvalue weighted by molar-refractivity contribution is 0.101. The molecular weight excluding hydrogens is 208 g/mol. The van der Waals surface area contributed by atoms with Crippen LogP contribution in [0.15, 0.2) is 18.2 Å². The number of carbonyl (C=O) groups is 1. The fourth-order valence-electron chi connectivity index (χ4n) is 2.95.